The van der Waals surface area contributed by atoms with E-state index in [9.17, 15) is 0 Å². The number of benzene rings is 1. The van der Waals surface area contributed by atoms with Gasteiger partial charge in [-0.2, -0.15) is 0 Å². The van der Waals surface area contributed by atoms with E-state index in [4.69, 9.17) is 25.6 Å². The minimum absolute atomic E-state index is 0.381. The van der Waals surface area contributed by atoms with E-state index in [1.165, 1.54) is 0 Å². The van der Waals surface area contributed by atoms with Gasteiger partial charge < -0.3 is 4.74 Å². The molecule has 2 rings (SSSR count). The topological polar surface area (TPSA) is 27.7 Å². The highest BCUT2D eigenvalue weighted by atomic mass is 32.4. The summed E-state index contributed by atoms with van der Waals surface area (Å²) in [5.41, 5.74) is 0.897. The van der Waals surface area contributed by atoms with Crippen LogP contribution in [0.15, 0.2) is 24.3 Å². The molecule has 1 aliphatic rings. The van der Waals surface area contributed by atoms with Gasteiger partial charge in [0.25, 0.3) is 0 Å². The average molecular weight is 215 g/mol. The molecule has 1 aromatic rings. The quantitative estimate of drug-likeness (QED) is 0.673. The number of rotatable bonds is 1. The minimum atomic E-state index is -1.27. The fraction of sp³-hybridized carbons (Fsp3) is 0.250. The zero-order chi connectivity index (χ0) is 9.26. The predicted octanol–water partition coefficient (Wildman–Crippen LogP) is 2.51. The van der Waals surface area contributed by atoms with Crippen LogP contribution in [0.2, 0.25) is 0 Å². The van der Waals surface area contributed by atoms with Gasteiger partial charge in [-0.3, -0.25) is 0 Å². The second-order valence-corrected chi connectivity index (χ2v) is 4.26. The van der Waals surface area contributed by atoms with Crippen molar-refractivity contribution in [3.63, 3.8) is 0 Å². The van der Waals surface area contributed by atoms with E-state index in [-0.39, 0.29) is 6.29 Å². The van der Waals surface area contributed by atoms with Crippen molar-refractivity contribution in [3.05, 3.63) is 29.8 Å². The Hall–Kier alpha value is -0.540. The van der Waals surface area contributed by atoms with Crippen LogP contribution in [-0.2, 0) is 21.1 Å². The lowest BCUT2D eigenvalue weighted by Gasteiger charge is -2.15. The fourth-order valence-corrected chi connectivity index (χ4v) is 2.37. The molecule has 1 aliphatic heterocycles. The molecular weight excluding hydrogens is 207 g/mol. The summed E-state index contributed by atoms with van der Waals surface area (Å²) in [7, 11) is 0.324. The van der Waals surface area contributed by atoms with Crippen molar-refractivity contribution in [2.45, 2.75) is 6.29 Å². The van der Waals surface area contributed by atoms with Gasteiger partial charge >= 0.3 is 7.15 Å². The fourth-order valence-electron chi connectivity index (χ4n) is 1.17. The summed E-state index contributed by atoms with van der Waals surface area (Å²) in [5, 5.41) is 0. The van der Waals surface area contributed by atoms with Gasteiger partial charge in [0.15, 0.2) is 5.75 Å². The molecule has 0 saturated heterocycles. The van der Waals surface area contributed by atoms with Gasteiger partial charge in [0.05, 0.1) is 5.56 Å². The van der Waals surface area contributed by atoms with Crippen LogP contribution in [0, 0.1) is 0 Å². The van der Waals surface area contributed by atoms with E-state index < -0.39 is 7.15 Å². The second kappa shape index (κ2) is 3.68. The summed E-state index contributed by atoms with van der Waals surface area (Å²) in [6, 6.07) is 7.58. The smallest absolute Gasteiger partial charge is 0.348 e. The molecule has 0 radical (unpaired) electrons. The number of fused-ring (bicyclic) bond motifs is 1. The van der Waals surface area contributed by atoms with Crippen molar-refractivity contribution in [1.82, 2.24) is 0 Å². The molecule has 0 N–H and O–H groups in total. The summed E-state index contributed by atoms with van der Waals surface area (Å²) >= 11 is 4.95. The van der Waals surface area contributed by atoms with E-state index >= 15 is 0 Å². The second-order valence-electron chi connectivity index (χ2n) is 2.53. The summed E-state index contributed by atoms with van der Waals surface area (Å²) in [6.07, 6.45) is -0.381. The Morgan fingerprint density at radius 2 is 2.23 bits per heavy atom. The zero-order valence-electron chi connectivity index (χ0n) is 6.97. The lowest BCUT2D eigenvalue weighted by Crippen LogP contribution is -2.09. The molecule has 0 fully saturated rings. The maximum atomic E-state index is 5.34. The minimum Gasteiger partial charge on any atom is -0.348 e. The molecule has 0 bridgehead atoms. The molecule has 1 heterocycles. The Morgan fingerprint density at radius 1 is 1.46 bits per heavy atom. The van der Waals surface area contributed by atoms with Crippen LogP contribution in [0.4, 0.5) is 0 Å². The first-order valence-electron chi connectivity index (χ1n) is 3.75. The van der Waals surface area contributed by atoms with E-state index in [0.717, 1.165) is 11.3 Å². The molecule has 0 saturated carbocycles. The molecule has 3 nitrogen and oxygen atoms in total. The number of hydrogen-bond acceptors (Lipinski definition) is 4. The van der Waals surface area contributed by atoms with Gasteiger partial charge in [-0.25, -0.2) is 4.52 Å². The monoisotopic (exact) mass is 215 g/mol. The van der Waals surface area contributed by atoms with Gasteiger partial charge in [0.2, 0.25) is 18.1 Å². The van der Waals surface area contributed by atoms with Crippen molar-refractivity contribution >= 4 is 19.0 Å². The molecule has 0 spiro atoms. The van der Waals surface area contributed by atoms with Crippen LogP contribution in [0.1, 0.15) is 11.9 Å². The third kappa shape index (κ3) is 1.71. The molecule has 2 atom stereocenters. The Kier molecular flexibility index (Phi) is 2.56. The Balaban J connectivity index is 2.42. The lowest BCUT2D eigenvalue weighted by molar-refractivity contribution is -0.0582. The van der Waals surface area contributed by atoms with Gasteiger partial charge in [-0.15, -0.1) is 0 Å². The molecule has 1 aromatic carbocycles. The van der Waals surface area contributed by atoms with Crippen LogP contribution in [0.5, 0.6) is 5.75 Å². The summed E-state index contributed by atoms with van der Waals surface area (Å²) in [6.45, 7) is 0. The van der Waals surface area contributed by atoms with Crippen molar-refractivity contribution in [1.29, 1.82) is 0 Å². The number of hydrogen-bond donors (Lipinski definition) is 0. The summed E-state index contributed by atoms with van der Waals surface area (Å²) < 4.78 is 15.8. The maximum absolute atomic E-state index is 5.34. The van der Waals surface area contributed by atoms with Crippen LogP contribution in [0.3, 0.4) is 0 Å². The Bertz CT molecular complexity index is 342. The number of ether oxygens (including phenoxy) is 1. The first kappa shape index (κ1) is 9.03. The summed E-state index contributed by atoms with van der Waals surface area (Å²) in [4.78, 5) is 0. The van der Waals surface area contributed by atoms with Gasteiger partial charge in [-0.05, 0) is 12.1 Å². The van der Waals surface area contributed by atoms with E-state index in [1.807, 2.05) is 24.3 Å². The average Bonchev–Trinajstić information content (AvgIpc) is 2.16. The molecule has 68 valence electrons. The molecule has 13 heavy (non-hydrogen) atoms. The molecule has 0 aromatic heterocycles. The van der Waals surface area contributed by atoms with Crippen molar-refractivity contribution < 1.29 is 13.8 Å². The molecular formula is C8H8O3PS+. The number of para-hydroxylation sites is 1. The SMILES string of the molecule is COC1O[P+](=S)Oc2ccccc21. The Morgan fingerprint density at radius 3 is 3.00 bits per heavy atom. The van der Waals surface area contributed by atoms with E-state index in [0.29, 0.717) is 0 Å². The zero-order valence-corrected chi connectivity index (χ0v) is 8.68. The highest BCUT2D eigenvalue weighted by molar-refractivity contribution is 8.00. The van der Waals surface area contributed by atoms with Crippen molar-refractivity contribution in [2.75, 3.05) is 7.11 Å². The van der Waals surface area contributed by atoms with Crippen molar-refractivity contribution in [2.24, 2.45) is 0 Å². The lowest BCUT2D eigenvalue weighted by atomic mass is 10.2. The van der Waals surface area contributed by atoms with Gasteiger partial charge in [0, 0.05) is 7.11 Å². The standard InChI is InChI=1S/C8H8O3PS/c1-9-8-6-4-2-3-5-7(6)10-12(13)11-8/h2-5,8H,1H3/q+1. The molecule has 2 unspecified atom stereocenters. The highest BCUT2D eigenvalue weighted by Crippen LogP contribution is 2.44. The van der Waals surface area contributed by atoms with Crippen LogP contribution < -0.4 is 4.52 Å². The molecule has 0 aliphatic carbocycles. The maximum Gasteiger partial charge on any atom is 0.576 e. The highest BCUT2D eigenvalue weighted by Gasteiger charge is 2.34. The first-order valence-corrected chi connectivity index (χ1v) is 5.94. The van der Waals surface area contributed by atoms with Crippen molar-refractivity contribution in [3.8, 4) is 5.75 Å². The predicted molar refractivity (Wildman–Crippen MR) is 52.2 cm³/mol. The van der Waals surface area contributed by atoms with E-state index in [2.05, 4.69) is 0 Å². The normalized spacial score (nSPS) is 23.5. The van der Waals surface area contributed by atoms with Crippen LogP contribution >= 0.6 is 7.15 Å². The van der Waals surface area contributed by atoms with Gasteiger partial charge in [0.1, 0.15) is 0 Å². The molecule has 0 amide bonds. The van der Waals surface area contributed by atoms with Crippen LogP contribution in [0.25, 0.3) is 0 Å². The summed E-state index contributed by atoms with van der Waals surface area (Å²) in [5.74, 6) is 0.765. The third-order valence-electron chi connectivity index (χ3n) is 1.74. The van der Waals surface area contributed by atoms with E-state index in [1.54, 1.807) is 7.11 Å². The van der Waals surface area contributed by atoms with Gasteiger partial charge in [-0.1, -0.05) is 16.7 Å². The largest absolute Gasteiger partial charge is 0.576 e. The first-order chi connectivity index (χ1) is 6.31. The third-order valence-corrected chi connectivity index (χ3v) is 2.93. The number of methoxy groups -OCH3 is 1. The molecule has 5 heteroatoms. The van der Waals surface area contributed by atoms with Crippen LogP contribution in [-0.4, -0.2) is 7.11 Å². The Labute approximate surface area is 82.2 Å².